The molecule has 22 heavy (non-hydrogen) atoms. The molecule has 0 unspecified atom stereocenters. The molecule has 1 aliphatic rings. The SMILES string of the molecule is NC(=O)COC(=O)C1CCN(C(=O)c2ccc(F)cc2)CC1. The van der Waals surface area contributed by atoms with E-state index in [0.29, 0.717) is 31.5 Å². The van der Waals surface area contributed by atoms with Crippen LogP contribution in [-0.2, 0) is 14.3 Å². The Morgan fingerprint density at radius 2 is 1.77 bits per heavy atom. The number of rotatable bonds is 4. The zero-order valence-corrected chi connectivity index (χ0v) is 12.0. The molecular weight excluding hydrogens is 291 g/mol. The Balaban J connectivity index is 1.86. The molecule has 2 rings (SSSR count). The van der Waals surface area contributed by atoms with E-state index in [1.807, 2.05) is 0 Å². The van der Waals surface area contributed by atoms with Crippen molar-refractivity contribution in [1.29, 1.82) is 0 Å². The molecule has 7 heteroatoms. The van der Waals surface area contributed by atoms with Crippen LogP contribution >= 0.6 is 0 Å². The Morgan fingerprint density at radius 3 is 2.32 bits per heavy atom. The van der Waals surface area contributed by atoms with E-state index in [9.17, 15) is 18.8 Å². The van der Waals surface area contributed by atoms with Crippen molar-refractivity contribution in [1.82, 2.24) is 4.90 Å². The molecule has 1 fully saturated rings. The van der Waals surface area contributed by atoms with Gasteiger partial charge in [-0.2, -0.15) is 0 Å². The summed E-state index contributed by atoms with van der Waals surface area (Å²) in [4.78, 5) is 36.1. The summed E-state index contributed by atoms with van der Waals surface area (Å²) in [7, 11) is 0. The quantitative estimate of drug-likeness (QED) is 0.829. The van der Waals surface area contributed by atoms with Crippen molar-refractivity contribution in [2.45, 2.75) is 12.8 Å². The molecule has 0 spiro atoms. The minimum absolute atomic E-state index is 0.191. The van der Waals surface area contributed by atoms with E-state index in [-0.39, 0.29) is 11.8 Å². The smallest absolute Gasteiger partial charge is 0.309 e. The number of likely N-dealkylation sites (tertiary alicyclic amines) is 1. The number of carbonyl (C=O) groups excluding carboxylic acids is 3. The number of esters is 1. The molecule has 1 aliphatic heterocycles. The zero-order chi connectivity index (χ0) is 16.1. The van der Waals surface area contributed by atoms with Crippen LogP contribution < -0.4 is 5.73 Å². The summed E-state index contributed by atoms with van der Waals surface area (Å²) < 4.78 is 17.6. The molecule has 1 aromatic rings. The van der Waals surface area contributed by atoms with E-state index in [4.69, 9.17) is 10.5 Å². The number of nitrogens with zero attached hydrogens (tertiary/aromatic N) is 1. The Bertz CT molecular complexity index is 565. The first-order chi connectivity index (χ1) is 10.5. The summed E-state index contributed by atoms with van der Waals surface area (Å²) in [6.45, 7) is 0.395. The van der Waals surface area contributed by atoms with Crippen molar-refractivity contribution in [2.24, 2.45) is 11.7 Å². The average molecular weight is 308 g/mol. The maximum absolute atomic E-state index is 12.9. The fourth-order valence-electron chi connectivity index (χ4n) is 2.35. The molecule has 2 N–H and O–H groups in total. The van der Waals surface area contributed by atoms with Crippen molar-refractivity contribution in [2.75, 3.05) is 19.7 Å². The van der Waals surface area contributed by atoms with Crippen molar-refractivity contribution >= 4 is 17.8 Å². The van der Waals surface area contributed by atoms with E-state index < -0.39 is 24.3 Å². The van der Waals surface area contributed by atoms with Crippen molar-refractivity contribution < 1.29 is 23.5 Å². The second kappa shape index (κ2) is 7.02. The molecule has 0 saturated carbocycles. The molecule has 0 aromatic heterocycles. The topological polar surface area (TPSA) is 89.7 Å². The van der Waals surface area contributed by atoms with Crippen molar-refractivity contribution in [3.63, 3.8) is 0 Å². The van der Waals surface area contributed by atoms with Gasteiger partial charge in [-0.3, -0.25) is 14.4 Å². The third kappa shape index (κ3) is 4.03. The maximum atomic E-state index is 12.9. The molecule has 0 aliphatic carbocycles. The highest BCUT2D eigenvalue weighted by atomic mass is 19.1. The summed E-state index contributed by atoms with van der Waals surface area (Å²) in [6, 6.07) is 5.35. The van der Waals surface area contributed by atoms with Gasteiger partial charge in [0.15, 0.2) is 6.61 Å². The number of piperidine rings is 1. The molecule has 2 amide bonds. The normalized spacial score (nSPS) is 15.4. The lowest BCUT2D eigenvalue weighted by molar-refractivity contribution is -0.153. The molecular formula is C15H17FN2O4. The van der Waals surface area contributed by atoms with Gasteiger partial charge < -0.3 is 15.4 Å². The van der Waals surface area contributed by atoms with Crippen LogP contribution in [0.15, 0.2) is 24.3 Å². The van der Waals surface area contributed by atoms with E-state index in [2.05, 4.69) is 0 Å². The summed E-state index contributed by atoms with van der Waals surface area (Å²) in [6.07, 6.45) is 0.926. The molecule has 1 heterocycles. The third-order valence-electron chi connectivity index (χ3n) is 3.56. The van der Waals surface area contributed by atoms with Crippen LogP contribution in [0, 0.1) is 11.7 Å². The monoisotopic (exact) mass is 308 g/mol. The predicted molar refractivity (Wildman–Crippen MR) is 75.2 cm³/mol. The van der Waals surface area contributed by atoms with Gasteiger partial charge in [-0.05, 0) is 37.1 Å². The number of halogens is 1. The lowest BCUT2D eigenvalue weighted by atomic mass is 9.96. The summed E-state index contributed by atoms with van der Waals surface area (Å²) >= 11 is 0. The molecule has 6 nitrogen and oxygen atoms in total. The highest BCUT2D eigenvalue weighted by molar-refractivity contribution is 5.94. The van der Waals surface area contributed by atoms with E-state index in [1.54, 1.807) is 4.90 Å². The van der Waals surface area contributed by atoms with Crippen LogP contribution in [0.5, 0.6) is 0 Å². The number of amides is 2. The average Bonchev–Trinajstić information content (AvgIpc) is 2.53. The number of nitrogens with two attached hydrogens (primary N) is 1. The van der Waals surface area contributed by atoms with Crippen LogP contribution in [-0.4, -0.2) is 42.4 Å². The summed E-state index contributed by atoms with van der Waals surface area (Å²) in [5, 5.41) is 0. The Labute approximate surface area is 127 Å². The number of hydrogen-bond acceptors (Lipinski definition) is 4. The number of primary amides is 1. The Kier molecular flexibility index (Phi) is 5.08. The number of hydrogen-bond donors (Lipinski definition) is 1. The van der Waals surface area contributed by atoms with Gasteiger partial charge in [0.05, 0.1) is 5.92 Å². The van der Waals surface area contributed by atoms with E-state index >= 15 is 0 Å². The molecule has 0 radical (unpaired) electrons. The van der Waals surface area contributed by atoms with E-state index in [1.165, 1.54) is 24.3 Å². The van der Waals surface area contributed by atoms with Gasteiger partial charge in [0.25, 0.3) is 11.8 Å². The standard InChI is InChI=1S/C15H17FN2O4/c16-12-3-1-10(2-4-12)14(20)18-7-5-11(6-8-18)15(21)22-9-13(17)19/h1-4,11H,5-9H2,(H2,17,19). The van der Waals surface area contributed by atoms with Crippen molar-refractivity contribution in [3.05, 3.63) is 35.6 Å². The van der Waals surface area contributed by atoms with Gasteiger partial charge in [-0.25, -0.2) is 4.39 Å². The van der Waals surface area contributed by atoms with Gasteiger partial charge >= 0.3 is 5.97 Å². The highest BCUT2D eigenvalue weighted by Gasteiger charge is 2.29. The summed E-state index contributed by atoms with van der Waals surface area (Å²) in [5.74, 6) is -2.09. The van der Waals surface area contributed by atoms with Gasteiger partial charge in [0.2, 0.25) is 0 Å². The van der Waals surface area contributed by atoms with Crippen LogP contribution in [0.2, 0.25) is 0 Å². The first-order valence-corrected chi connectivity index (χ1v) is 6.97. The second-order valence-corrected chi connectivity index (χ2v) is 5.15. The van der Waals surface area contributed by atoms with Gasteiger partial charge in [0.1, 0.15) is 5.82 Å². The highest BCUT2D eigenvalue weighted by Crippen LogP contribution is 2.20. The molecule has 1 saturated heterocycles. The Morgan fingerprint density at radius 1 is 1.18 bits per heavy atom. The minimum Gasteiger partial charge on any atom is -0.455 e. The Hall–Kier alpha value is -2.44. The fourth-order valence-corrected chi connectivity index (χ4v) is 2.35. The van der Waals surface area contributed by atoms with Crippen LogP contribution in [0.25, 0.3) is 0 Å². The van der Waals surface area contributed by atoms with Crippen molar-refractivity contribution in [3.8, 4) is 0 Å². The molecule has 0 atom stereocenters. The molecule has 0 bridgehead atoms. The maximum Gasteiger partial charge on any atom is 0.309 e. The lowest BCUT2D eigenvalue weighted by Crippen LogP contribution is -2.41. The van der Waals surface area contributed by atoms with Crippen LogP contribution in [0.4, 0.5) is 4.39 Å². The minimum atomic E-state index is -0.697. The van der Waals surface area contributed by atoms with E-state index in [0.717, 1.165) is 0 Å². The lowest BCUT2D eigenvalue weighted by Gasteiger charge is -2.30. The molecule has 1 aromatic carbocycles. The molecule has 118 valence electrons. The number of carbonyl (C=O) groups is 3. The third-order valence-corrected chi connectivity index (χ3v) is 3.56. The number of benzene rings is 1. The van der Waals surface area contributed by atoms with Crippen LogP contribution in [0.3, 0.4) is 0 Å². The first kappa shape index (κ1) is 15.9. The van der Waals surface area contributed by atoms with Gasteiger partial charge in [-0.1, -0.05) is 0 Å². The zero-order valence-electron chi connectivity index (χ0n) is 12.0. The van der Waals surface area contributed by atoms with Gasteiger partial charge in [0, 0.05) is 18.7 Å². The predicted octanol–water partition coefficient (Wildman–Crippen LogP) is 0.706. The largest absolute Gasteiger partial charge is 0.455 e. The number of ether oxygens (including phenoxy) is 1. The summed E-state index contributed by atoms with van der Waals surface area (Å²) in [5.41, 5.74) is 5.32. The second-order valence-electron chi connectivity index (χ2n) is 5.15. The van der Waals surface area contributed by atoms with Crippen LogP contribution in [0.1, 0.15) is 23.2 Å². The van der Waals surface area contributed by atoms with Gasteiger partial charge in [-0.15, -0.1) is 0 Å². The fraction of sp³-hybridized carbons (Fsp3) is 0.400. The first-order valence-electron chi connectivity index (χ1n) is 6.97.